The Morgan fingerprint density at radius 2 is 1.50 bits per heavy atom. The Morgan fingerprint density at radius 1 is 1.00 bits per heavy atom. The van der Waals surface area contributed by atoms with Crippen LogP contribution in [-0.4, -0.2) is 37.1 Å². The third kappa shape index (κ3) is 3.48. The Labute approximate surface area is 114 Å². The third-order valence-corrected chi connectivity index (χ3v) is 4.72. The molecule has 1 spiro atoms. The van der Waals surface area contributed by atoms with Gasteiger partial charge in [-0.25, -0.2) is 0 Å². The molecule has 0 bridgehead atoms. The van der Waals surface area contributed by atoms with Crippen LogP contribution in [0.2, 0.25) is 0 Å². The molecule has 0 amide bonds. The van der Waals surface area contributed by atoms with Gasteiger partial charge in [0.15, 0.2) is 0 Å². The lowest BCUT2D eigenvalue weighted by Crippen LogP contribution is -2.55. The van der Waals surface area contributed by atoms with E-state index in [1.807, 2.05) is 0 Å². The van der Waals surface area contributed by atoms with Gasteiger partial charge in [-0.15, -0.1) is 0 Å². The van der Waals surface area contributed by atoms with E-state index in [1.165, 1.54) is 51.9 Å². The van der Waals surface area contributed by atoms with Gasteiger partial charge >= 0.3 is 0 Å². The van der Waals surface area contributed by atoms with Crippen molar-refractivity contribution in [1.82, 2.24) is 10.2 Å². The van der Waals surface area contributed by atoms with Crippen molar-refractivity contribution in [2.24, 2.45) is 17.3 Å². The van der Waals surface area contributed by atoms with Crippen LogP contribution in [0.1, 0.15) is 53.4 Å². The van der Waals surface area contributed by atoms with Crippen LogP contribution < -0.4 is 5.32 Å². The first kappa shape index (κ1) is 14.3. The molecule has 0 aromatic rings. The first-order chi connectivity index (χ1) is 8.51. The summed E-state index contributed by atoms with van der Waals surface area (Å²) in [4.78, 5) is 2.78. The Hall–Kier alpha value is -0.0800. The minimum Gasteiger partial charge on any atom is -0.317 e. The van der Waals surface area contributed by atoms with Crippen LogP contribution in [0.3, 0.4) is 0 Å². The van der Waals surface area contributed by atoms with E-state index in [4.69, 9.17) is 0 Å². The van der Waals surface area contributed by atoms with Crippen molar-refractivity contribution < 1.29 is 0 Å². The summed E-state index contributed by atoms with van der Waals surface area (Å²) in [5.74, 6) is 1.60. The Kier molecular flexibility index (Phi) is 4.71. The fourth-order valence-corrected chi connectivity index (χ4v) is 3.87. The van der Waals surface area contributed by atoms with Gasteiger partial charge in [-0.3, -0.25) is 4.90 Å². The smallest absolute Gasteiger partial charge is 0.0106 e. The molecule has 1 aliphatic heterocycles. The van der Waals surface area contributed by atoms with Crippen molar-refractivity contribution in [3.05, 3.63) is 0 Å². The summed E-state index contributed by atoms with van der Waals surface area (Å²) in [6, 6.07) is 0.882. The number of rotatable bonds is 5. The van der Waals surface area contributed by atoms with Crippen LogP contribution in [0.5, 0.6) is 0 Å². The SMILES string of the molecule is CC(C)CN(CC(C)C)C1CC2(CCNCC2)C1. The molecule has 0 atom stereocenters. The molecule has 18 heavy (non-hydrogen) atoms. The summed E-state index contributed by atoms with van der Waals surface area (Å²) in [5, 5.41) is 3.50. The van der Waals surface area contributed by atoms with E-state index < -0.39 is 0 Å². The Balaban J connectivity index is 1.85. The predicted molar refractivity (Wildman–Crippen MR) is 78.8 cm³/mol. The van der Waals surface area contributed by atoms with E-state index in [9.17, 15) is 0 Å². The van der Waals surface area contributed by atoms with Gasteiger partial charge in [-0.1, -0.05) is 27.7 Å². The standard InChI is InChI=1S/C16H32N2/c1-13(2)11-18(12-14(3)4)15-9-16(10-15)5-7-17-8-6-16/h13-15,17H,5-12H2,1-4H3. The van der Waals surface area contributed by atoms with Crippen LogP contribution in [-0.2, 0) is 0 Å². The summed E-state index contributed by atoms with van der Waals surface area (Å²) in [6.07, 6.45) is 5.77. The quantitative estimate of drug-likeness (QED) is 0.809. The fourth-order valence-electron chi connectivity index (χ4n) is 3.87. The average Bonchev–Trinajstić information content (AvgIpc) is 2.24. The minimum atomic E-state index is 0.724. The zero-order valence-electron chi connectivity index (χ0n) is 12.8. The maximum absolute atomic E-state index is 3.50. The second kappa shape index (κ2) is 5.92. The highest BCUT2D eigenvalue weighted by molar-refractivity contribution is 5.00. The topological polar surface area (TPSA) is 15.3 Å². The van der Waals surface area contributed by atoms with Crippen LogP contribution in [0.4, 0.5) is 0 Å². The second-order valence-electron chi connectivity index (χ2n) is 7.55. The van der Waals surface area contributed by atoms with Gasteiger partial charge in [0.05, 0.1) is 0 Å². The van der Waals surface area contributed by atoms with Crippen LogP contribution in [0.25, 0.3) is 0 Å². The monoisotopic (exact) mass is 252 g/mol. The molecule has 1 aliphatic carbocycles. The van der Waals surface area contributed by atoms with Crippen molar-refractivity contribution in [3.63, 3.8) is 0 Å². The first-order valence-corrected chi connectivity index (χ1v) is 7.95. The van der Waals surface area contributed by atoms with Gasteiger partial charge < -0.3 is 5.32 Å². The largest absolute Gasteiger partial charge is 0.317 e. The molecular formula is C16H32N2. The summed E-state index contributed by atoms with van der Waals surface area (Å²) in [5.41, 5.74) is 0.724. The van der Waals surface area contributed by atoms with Crippen molar-refractivity contribution >= 4 is 0 Å². The number of piperidine rings is 1. The number of nitrogens with zero attached hydrogens (tertiary/aromatic N) is 1. The van der Waals surface area contributed by atoms with E-state index >= 15 is 0 Å². The molecule has 0 unspecified atom stereocenters. The van der Waals surface area contributed by atoms with Gasteiger partial charge in [-0.2, -0.15) is 0 Å². The number of hydrogen-bond acceptors (Lipinski definition) is 2. The molecule has 2 nitrogen and oxygen atoms in total. The Morgan fingerprint density at radius 3 is 1.94 bits per heavy atom. The summed E-state index contributed by atoms with van der Waals surface area (Å²) in [7, 11) is 0. The molecule has 0 aromatic carbocycles. The maximum Gasteiger partial charge on any atom is 0.0106 e. The molecule has 106 valence electrons. The summed E-state index contributed by atoms with van der Waals surface area (Å²) < 4.78 is 0. The molecule has 1 saturated carbocycles. The average molecular weight is 252 g/mol. The number of nitrogens with one attached hydrogen (secondary N) is 1. The highest BCUT2D eigenvalue weighted by Gasteiger charge is 2.46. The van der Waals surface area contributed by atoms with E-state index in [2.05, 4.69) is 37.9 Å². The lowest BCUT2D eigenvalue weighted by molar-refractivity contribution is -0.0289. The molecule has 1 N–H and O–H groups in total. The molecule has 2 rings (SSSR count). The molecule has 1 heterocycles. The van der Waals surface area contributed by atoms with Gasteiger partial charge in [-0.05, 0) is 56.0 Å². The van der Waals surface area contributed by atoms with Crippen molar-refractivity contribution in [2.45, 2.75) is 59.4 Å². The zero-order valence-corrected chi connectivity index (χ0v) is 12.8. The van der Waals surface area contributed by atoms with E-state index in [0.717, 1.165) is 23.3 Å². The maximum atomic E-state index is 3.50. The molecule has 0 aromatic heterocycles. The molecular weight excluding hydrogens is 220 g/mol. The lowest BCUT2D eigenvalue weighted by Gasteiger charge is -2.54. The first-order valence-electron chi connectivity index (χ1n) is 7.95. The van der Waals surface area contributed by atoms with Crippen LogP contribution >= 0.6 is 0 Å². The molecule has 2 aliphatic rings. The minimum absolute atomic E-state index is 0.724. The highest BCUT2D eigenvalue weighted by Crippen LogP contribution is 2.50. The normalized spacial score (nSPS) is 24.2. The number of hydrogen-bond donors (Lipinski definition) is 1. The van der Waals surface area contributed by atoms with E-state index in [-0.39, 0.29) is 0 Å². The van der Waals surface area contributed by atoms with Crippen molar-refractivity contribution in [1.29, 1.82) is 0 Å². The van der Waals surface area contributed by atoms with E-state index in [0.29, 0.717) is 0 Å². The van der Waals surface area contributed by atoms with Crippen LogP contribution in [0, 0.1) is 17.3 Å². The molecule has 2 fully saturated rings. The van der Waals surface area contributed by atoms with Gasteiger partial charge in [0.2, 0.25) is 0 Å². The molecule has 2 heteroatoms. The summed E-state index contributed by atoms with van der Waals surface area (Å²) in [6.45, 7) is 14.5. The van der Waals surface area contributed by atoms with E-state index in [1.54, 1.807) is 0 Å². The fraction of sp³-hybridized carbons (Fsp3) is 1.00. The molecule has 1 saturated heterocycles. The van der Waals surface area contributed by atoms with Crippen molar-refractivity contribution in [2.75, 3.05) is 26.2 Å². The van der Waals surface area contributed by atoms with Gasteiger partial charge in [0.25, 0.3) is 0 Å². The van der Waals surface area contributed by atoms with Crippen LogP contribution in [0.15, 0.2) is 0 Å². The predicted octanol–water partition coefficient (Wildman–Crippen LogP) is 3.13. The third-order valence-electron chi connectivity index (χ3n) is 4.72. The van der Waals surface area contributed by atoms with Gasteiger partial charge in [0, 0.05) is 19.1 Å². The highest BCUT2D eigenvalue weighted by atomic mass is 15.2. The second-order valence-corrected chi connectivity index (χ2v) is 7.55. The van der Waals surface area contributed by atoms with Crippen molar-refractivity contribution in [3.8, 4) is 0 Å². The zero-order chi connectivity index (χ0) is 13.2. The van der Waals surface area contributed by atoms with Gasteiger partial charge in [0.1, 0.15) is 0 Å². The Bertz CT molecular complexity index is 236. The molecule has 0 radical (unpaired) electrons. The lowest BCUT2D eigenvalue weighted by atomic mass is 9.60. The summed E-state index contributed by atoms with van der Waals surface area (Å²) >= 11 is 0.